The van der Waals surface area contributed by atoms with Crippen molar-refractivity contribution in [1.82, 2.24) is 0 Å². The van der Waals surface area contributed by atoms with Crippen LogP contribution in [-0.2, 0) is 9.53 Å². The van der Waals surface area contributed by atoms with Gasteiger partial charge in [-0.25, -0.2) is 4.79 Å². The van der Waals surface area contributed by atoms with E-state index in [1.807, 2.05) is 6.08 Å². The van der Waals surface area contributed by atoms with Gasteiger partial charge in [-0.3, -0.25) is 0 Å². The monoisotopic (exact) mass is 238 g/mol. The van der Waals surface area contributed by atoms with Gasteiger partial charge in [-0.2, -0.15) is 0 Å². The second kappa shape index (κ2) is 4.45. The zero-order chi connectivity index (χ0) is 12.5. The molecule has 0 heterocycles. The molecule has 96 valence electrons. The van der Waals surface area contributed by atoms with Crippen LogP contribution >= 0.6 is 0 Å². The summed E-state index contributed by atoms with van der Waals surface area (Å²) in [7, 11) is 1.42. The maximum atomic E-state index is 11.4. The summed E-state index contributed by atoms with van der Waals surface area (Å²) in [5, 5.41) is 10.7. The maximum Gasteiger partial charge on any atom is 0.333 e. The van der Waals surface area contributed by atoms with Gasteiger partial charge in [0.1, 0.15) is 0 Å². The van der Waals surface area contributed by atoms with Crippen molar-refractivity contribution in [2.45, 2.75) is 57.5 Å². The summed E-state index contributed by atoms with van der Waals surface area (Å²) in [5.74, 6) is -0.210. The Kier molecular flexibility index (Phi) is 3.30. The van der Waals surface area contributed by atoms with Gasteiger partial charge in [0.15, 0.2) is 0 Å². The topological polar surface area (TPSA) is 46.5 Å². The second-order valence-corrected chi connectivity index (χ2v) is 5.44. The molecule has 0 saturated heterocycles. The van der Waals surface area contributed by atoms with Crippen molar-refractivity contribution >= 4 is 5.97 Å². The molecule has 0 bridgehead atoms. The van der Waals surface area contributed by atoms with Crippen molar-refractivity contribution in [3.63, 3.8) is 0 Å². The highest BCUT2D eigenvalue weighted by Crippen LogP contribution is 2.55. The smallest absolute Gasteiger partial charge is 0.333 e. The molecule has 1 spiro atoms. The molecule has 0 aromatic carbocycles. The third kappa shape index (κ3) is 1.90. The summed E-state index contributed by atoms with van der Waals surface area (Å²) in [5.41, 5.74) is 0.271. The van der Waals surface area contributed by atoms with Crippen molar-refractivity contribution in [3.8, 4) is 0 Å². The van der Waals surface area contributed by atoms with Gasteiger partial charge in [0.2, 0.25) is 0 Å². The number of aliphatic hydroxyl groups is 1. The van der Waals surface area contributed by atoms with Crippen molar-refractivity contribution in [2.75, 3.05) is 7.11 Å². The molecule has 0 aromatic rings. The molecule has 2 aliphatic carbocycles. The van der Waals surface area contributed by atoms with E-state index in [1.54, 1.807) is 0 Å². The molecule has 2 aliphatic rings. The number of carbonyl (C=O) groups excluding carboxylic acids is 1. The van der Waals surface area contributed by atoms with Gasteiger partial charge in [-0.1, -0.05) is 13.0 Å². The molecule has 3 heteroatoms. The Morgan fingerprint density at radius 1 is 1.47 bits per heavy atom. The van der Waals surface area contributed by atoms with Crippen LogP contribution in [0.25, 0.3) is 0 Å². The Balaban J connectivity index is 2.17. The average molecular weight is 238 g/mol. The Morgan fingerprint density at radius 2 is 2.24 bits per heavy atom. The summed E-state index contributed by atoms with van der Waals surface area (Å²) in [6.45, 7) is 2.06. The molecule has 3 nitrogen and oxygen atoms in total. The molecule has 1 N–H and O–H groups in total. The number of methoxy groups -OCH3 is 1. The van der Waals surface area contributed by atoms with Crippen LogP contribution in [0.3, 0.4) is 0 Å². The summed E-state index contributed by atoms with van der Waals surface area (Å²) >= 11 is 0. The van der Waals surface area contributed by atoms with Crippen LogP contribution in [0.4, 0.5) is 0 Å². The van der Waals surface area contributed by atoms with E-state index < -0.39 is 5.60 Å². The van der Waals surface area contributed by atoms with E-state index in [1.165, 1.54) is 7.11 Å². The normalized spacial score (nSPS) is 37.0. The molecule has 2 atom stereocenters. The highest BCUT2D eigenvalue weighted by molar-refractivity contribution is 5.88. The second-order valence-electron chi connectivity index (χ2n) is 5.44. The highest BCUT2D eigenvalue weighted by Gasteiger charge is 2.52. The first kappa shape index (κ1) is 12.6. The van der Waals surface area contributed by atoms with Crippen LogP contribution in [0.1, 0.15) is 51.9 Å². The Hall–Kier alpha value is -0.830. The van der Waals surface area contributed by atoms with E-state index in [0.29, 0.717) is 0 Å². The number of esters is 1. The molecule has 1 saturated carbocycles. The number of hydrogen-bond acceptors (Lipinski definition) is 3. The standard InChI is InChI=1S/C14H22O3/c1-3-14(16)8-4-7-13(14)9-5-11(6-10-13)12(15)17-2/h5,16H,3-4,6-10H2,1-2H3/t13-,14+/m0/s1. The minimum Gasteiger partial charge on any atom is -0.466 e. The van der Waals surface area contributed by atoms with Gasteiger partial charge < -0.3 is 9.84 Å². The van der Waals surface area contributed by atoms with E-state index >= 15 is 0 Å². The molecule has 0 amide bonds. The van der Waals surface area contributed by atoms with Crippen LogP contribution in [0.5, 0.6) is 0 Å². The van der Waals surface area contributed by atoms with E-state index in [4.69, 9.17) is 4.74 Å². The van der Waals surface area contributed by atoms with E-state index in [9.17, 15) is 9.90 Å². The van der Waals surface area contributed by atoms with Crippen LogP contribution in [0, 0.1) is 5.41 Å². The van der Waals surface area contributed by atoms with Gasteiger partial charge in [0.05, 0.1) is 12.7 Å². The molecule has 2 rings (SSSR count). The minimum atomic E-state index is -0.523. The zero-order valence-corrected chi connectivity index (χ0v) is 10.8. The predicted octanol–water partition coefficient (Wildman–Crippen LogP) is 2.58. The van der Waals surface area contributed by atoms with Crippen molar-refractivity contribution in [3.05, 3.63) is 11.6 Å². The molecular weight excluding hydrogens is 216 g/mol. The summed E-state index contributed by atoms with van der Waals surface area (Å²) in [6.07, 6.45) is 8.38. The number of carbonyl (C=O) groups is 1. The Labute approximate surface area is 103 Å². The third-order valence-corrected chi connectivity index (χ3v) is 4.88. The Bertz CT molecular complexity index is 347. The average Bonchev–Trinajstić information content (AvgIpc) is 2.68. The molecule has 17 heavy (non-hydrogen) atoms. The lowest BCUT2D eigenvalue weighted by atomic mass is 9.65. The van der Waals surface area contributed by atoms with Gasteiger partial charge in [-0.15, -0.1) is 0 Å². The molecule has 0 aromatic heterocycles. The SMILES string of the molecule is CC[C@@]1(O)CCC[C@@]12CC=C(C(=O)OC)CC2. The zero-order valence-electron chi connectivity index (χ0n) is 10.8. The number of rotatable bonds is 2. The third-order valence-electron chi connectivity index (χ3n) is 4.88. The lowest BCUT2D eigenvalue weighted by Gasteiger charge is -2.44. The van der Waals surface area contributed by atoms with Crippen LogP contribution < -0.4 is 0 Å². The summed E-state index contributed by atoms with van der Waals surface area (Å²) in [4.78, 5) is 11.4. The van der Waals surface area contributed by atoms with E-state index in [0.717, 1.165) is 50.5 Å². The van der Waals surface area contributed by atoms with Crippen LogP contribution in [0.2, 0.25) is 0 Å². The van der Waals surface area contributed by atoms with Crippen LogP contribution in [0.15, 0.2) is 11.6 Å². The molecule has 0 unspecified atom stereocenters. The van der Waals surface area contributed by atoms with Gasteiger partial charge in [0.25, 0.3) is 0 Å². The van der Waals surface area contributed by atoms with Crippen molar-refractivity contribution < 1.29 is 14.6 Å². The lowest BCUT2D eigenvalue weighted by molar-refractivity contribution is -0.137. The van der Waals surface area contributed by atoms with E-state index in [-0.39, 0.29) is 11.4 Å². The fraction of sp³-hybridized carbons (Fsp3) is 0.786. The van der Waals surface area contributed by atoms with Crippen molar-refractivity contribution in [1.29, 1.82) is 0 Å². The van der Waals surface area contributed by atoms with Gasteiger partial charge >= 0.3 is 5.97 Å². The summed E-state index contributed by atoms with van der Waals surface area (Å²) < 4.78 is 4.75. The number of ether oxygens (including phenoxy) is 1. The maximum absolute atomic E-state index is 11.4. The van der Waals surface area contributed by atoms with Crippen LogP contribution in [-0.4, -0.2) is 23.8 Å². The quantitative estimate of drug-likeness (QED) is 0.752. The number of hydrogen-bond donors (Lipinski definition) is 1. The molecular formula is C14H22O3. The first-order valence-electron chi connectivity index (χ1n) is 6.57. The molecule has 1 fully saturated rings. The lowest BCUT2D eigenvalue weighted by Crippen LogP contribution is -2.44. The first-order chi connectivity index (χ1) is 8.07. The molecule has 0 radical (unpaired) electrons. The predicted molar refractivity (Wildman–Crippen MR) is 65.5 cm³/mol. The van der Waals surface area contributed by atoms with Gasteiger partial charge in [-0.05, 0) is 44.9 Å². The fourth-order valence-corrected chi connectivity index (χ4v) is 3.63. The largest absolute Gasteiger partial charge is 0.466 e. The molecule has 0 aliphatic heterocycles. The van der Waals surface area contributed by atoms with E-state index in [2.05, 4.69) is 6.92 Å². The van der Waals surface area contributed by atoms with Gasteiger partial charge in [0, 0.05) is 11.0 Å². The first-order valence-corrected chi connectivity index (χ1v) is 6.57. The highest BCUT2D eigenvalue weighted by atomic mass is 16.5. The fourth-order valence-electron chi connectivity index (χ4n) is 3.63. The number of allylic oxidation sites excluding steroid dienone is 1. The minimum absolute atomic E-state index is 0.0132. The summed E-state index contributed by atoms with van der Waals surface area (Å²) in [6, 6.07) is 0. The Morgan fingerprint density at radius 3 is 2.76 bits per heavy atom. The van der Waals surface area contributed by atoms with Crippen molar-refractivity contribution in [2.24, 2.45) is 5.41 Å².